The zero-order valence-electron chi connectivity index (χ0n) is 14.9. The van der Waals surface area contributed by atoms with Gasteiger partial charge in [0.2, 0.25) is 5.91 Å². The number of aliphatic hydroxyl groups is 1. The van der Waals surface area contributed by atoms with Crippen LogP contribution in [0, 0.1) is 19.7 Å². The molecule has 1 amide bonds. The summed E-state index contributed by atoms with van der Waals surface area (Å²) in [6, 6.07) is 6.00. The number of β-amino-alcohol motifs (C(OH)–C–C–N with tert-alkyl or cyclic N) is 1. The van der Waals surface area contributed by atoms with Crippen LogP contribution in [0.4, 0.5) is 4.39 Å². The first kappa shape index (κ1) is 17.6. The molecule has 2 heterocycles. The lowest BCUT2D eigenvalue weighted by molar-refractivity contribution is -0.132. The highest BCUT2D eigenvalue weighted by molar-refractivity contribution is 5.77. The van der Waals surface area contributed by atoms with Crippen molar-refractivity contribution in [1.82, 2.24) is 14.7 Å². The average Bonchev–Trinajstić information content (AvgIpc) is 3.06. The summed E-state index contributed by atoms with van der Waals surface area (Å²) in [5.74, 6) is -0.346. The fourth-order valence-electron chi connectivity index (χ4n) is 3.67. The maximum absolute atomic E-state index is 13.5. The number of aromatic nitrogens is 2. The molecule has 1 saturated heterocycles. The van der Waals surface area contributed by atoms with E-state index in [2.05, 4.69) is 5.10 Å². The summed E-state index contributed by atoms with van der Waals surface area (Å²) in [6.45, 7) is 4.24. The molecule has 25 heavy (non-hydrogen) atoms. The van der Waals surface area contributed by atoms with Gasteiger partial charge in [-0.15, -0.1) is 0 Å². The summed E-state index contributed by atoms with van der Waals surface area (Å²) in [5, 5.41) is 14.4. The molecule has 0 radical (unpaired) electrons. The molecule has 0 spiro atoms. The Morgan fingerprint density at radius 3 is 2.80 bits per heavy atom. The number of carbonyl (C=O) groups excluding carboxylic acids is 1. The van der Waals surface area contributed by atoms with Gasteiger partial charge in [0, 0.05) is 25.7 Å². The van der Waals surface area contributed by atoms with Gasteiger partial charge in [-0.25, -0.2) is 4.39 Å². The first-order valence-corrected chi connectivity index (χ1v) is 8.59. The van der Waals surface area contributed by atoms with Crippen LogP contribution in [-0.2, 0) is 18.3 Å². The highest BCUT2D eigenvalue weighted by Crippen LogP contribution is 2.33. The van der Waals surface area contributed by atoms with Gasteiger partial charge in [0.1, 0.15) is 5.82 Å². The molecule has 1 aromatic carbocycles. The van der Waals surface area contributed by atoms with Crippen LogP contribution < -0.4 is 0 Å². The molecule has 5 nitrogen and oxygen atoms in total. The smallest absolute Gasteiger partial charge is 0.223 e. The first-order valence-electron chi connectivity index (χ1n) is 8.59. The topological polar surface area (TPSA) is 58.4 Å². The third-order valence-corrected chi connectivity index (χ3v) is 5.08. The Bertz CT molecular complexity index is 787. The number of hydrogen-bond acceptors (Lipinski definition) is 3. The van der Waals surface area contributed by atoms with Gasteiger partial charge in [-0.2, -0.15) is 5.10 Å². The second-order valence-corrected chi connectivity index (χ2v) is 6.78. The number of carbonyl (C=O) groups is 1. The van der Waals surface area contributed by atoms with Crippen LogP contribution in [0.1, 0.15) is 41.4 Å². The van der Waals surface area contributed by atoms with E-state index in [0.29, 0.717) is 25.8 Å². The standard InChI is InChI=1S/C19H24FN3O2/c1-12-17(13(2)22(3)21-12)7-8-19(25)23-11-16(24)10-18(23)14-5-4-6-15(20)9-14/h4-6,9,16,18,24H,7-8,10-11H2,1-3H3/t16-,18+/m0/s1. The summed E-state index contributed by atoms with van der Waals surface area (Å²) in [5.41, 5.74) is 3.83. The highest BCUT2D eigenvalue weighted by Gasteiger charge is 2.35. The average molecular weight is 345 g/mol. The van der Waals surface area contributed by atoms with Crippen LogP contribution >= 0.6 is 0 Å². The van der Waals surface area contributed by atoms with Crippen molar-refractivity contribution < 1.29 is 14.3 Å². The van der Waals surface area contributed by atoms with Crippen molar-refractivity contribution in [3.8, 4) is 0 Å². The van der Waals surface area contributed by atoms with Crippen molar-refractivity contribution in [2.45, 2.75) is 45.3 Å². The molecule has 1 fully saturated rings. The summed E-state index contributed by atoms with van der Waals surface area (Å²) in [7, 11) is 1.89. The van der Waals surface area contributed by atoms with Crippen LogP contribution in [0.15, 0.2) is 24.3 Å². The molecule has 1 aromatic heterocycles. The van der Waals surface area contributed by atoms with Gasteiger partial charge in [0.05, 0.1) is 17.8 Å². The van der Waals surface area contributed by atoms with Crippen LogP contribution in [0.3, 0.4) is 0 Å². The number of likely N-dealkylation sites (tertiary alicyclic amines) is 1. The van der Waals surface area contributed by atoms with Crippen LogP contribution in [0.5, 0.6) is 0 Å². The third-order valence-electron chi connectivity index (χ3n) is 5.08. The van der Waals surface area contributed by atoms with Gasteiger partial charge >= 0.3 is 0 Å². The molecule has 134 valence electrons. The fourth-order valence-corrected chi connectivity index (χ4v) is 3.67. The molecule has 3 rings (SSSR count). The number of halogens is 1. The fraction of sp³-hybridized carbons (Fsp3) is 0.474. The van der Waals surface area contributed by atoms with Crippen LogP contribution in [0.25, 0.3) is 0 Å². The number of hydrogen-bond donors (Lipinski definition) is 1. The molecule has 1 aliphatic rings. The molecular formula is C19H24FN3O2. The van der Waals surface area contributed by atoms with E-state index in [1.807, 2.05) is 31.6 Å². The minimum atomic E-state index is -0.570. The Kier molecular flexibility index (Phi) is 4.90. The molecule has 6 heteroatoms. The molecule has 2 atom stereocenters. The number of amides is 1. The van der Waals surface area contributed by atoms with E-state index in [1.54, 1.807) is 11.0 Å². The minimum Gasteiger partial charge on any atom is -0.391 e. The molecule has 0 unspecified atom stereocenters. The Labute approximate surface area is 147 Å². The van der Waals surface area contributed by atoms with Gasteiger partial charge in [-0.1, -0.05) is 12.1 Å². The Balaban J connectivity index is 1.73. The van der Waals surface area contributed by atoms with E-state index in [1.165, 1.54) is 12.1 Å². The molecule has 2 aromatic rings. The summed E-state index contributed by atoms with van der Waals surface area (Å²) in [6.07, 6.45) is 0.845. The molecule has 0 saturated carbocycles. The van der Waals surface area contributed by atoms with Gasteiger partial charge in [0.15, 0.2) is 0 Å². The van der Waals surface area contributed by atoms with E-state index in [0.717, 1.165) is 22.5 Å². The van der Waals surface area contributed by atoms with Crippen molar-refractivity contribution in [3.05, 3.63) is 52.6 Å². The zero-order valence-corrected chi connectivity index (χ0v) is 14.9. The third kappa shape index (κ3) is 3.58. The molecule has 0 aliphatic carbocycles. The van der Waals surface area contributed by atoms with Gasteiger partial charge in [-0.05, 0) is 49.9 Å². The normalized spacial score (nSPS) is 20.3. The van der Waals surface area contributed by atoms with Crippen molar-refractivity contribution in [2.75, 3.05) is 6.54 Å². The largest absolute Gasteiger partial charge is 0.391 e. The monoisotopic (exact) mass is 345 g/mol. The number of aryl methyl sites for hydroxylation is 2. The quantitative estimate of drug-likeness (QED) is 0.926. The molecule has 0 bridgehead atoms. The first-order chi connectivity index (χ1) is 11.9. The number of rotatable bonds is 4. The molecule has 1 aliphatic heterocycles. The summed E-state index contributed by atoms with van der Waals surface area (Å²) >= 11 is 0. The van der Waals surface area contributed by atoms with E-state index in [-0.39, 0.29) is 17.8 Å². The Hall–Kier alpha value is -2.21. The lowest BCUT2D eigenvalue weighted by Crippen LogP contribution is -2.32. The number of aliphatic hydroxyl groups excluding tert-OH is 1. The predicted molar refractivity (Wildman–Crippen MR) is 92.5 cm³/mol. The minimum absolute atomic E-state index is 0.0199. The van der Waals surface area contributed by atoms with Crippen LogP contribution in [-0.4, -0.2) is 38.3 Å². The second-order valence-electron chi connectivity index (χ2n) is 6.78. The lowest BCUT2D eigenvalue weighted by atomic mass is 10.0. The van der Waals surface area contributed by atoms with E-state index in [4.69, 9.17) is 0 Å². The number of benzene rings is 1. The van der Waals surface area contributed by atoms with E-state index < -0.39 is 6.10 Å². The van der Waals surface area contributed by atoms with Gasteiger partial charge < -0.3 is 10.0 Å². The van der Waals surface area contributed by atoms with Crippen molar-refractivity contribution >= 4 is 5.91 Å². The SMILES string of the molecule is Cc1nn(C)c(C)c1CCC(=O)N1C[C@@H](O)C[C@@H]1c1cccc(F)c1. The van der Waals surface area contributed by atoms with Crippen molar-refractivity contribution in [3.63, 3.8) is 0 Å². The second kappa shape index (κ2) is 6.96. The van der Waals surface area contributed by atoms with Gasteiger partial charge in [0.25, 0.3) is 0 Å². The van der Waals surface area contributed by atoms with Gasteiger partial charge in [-0.3, -0.25) is 9.48 Å². The van der Waals surface area contributed by atoms with Crippen molar-refractivity contribution in [1.29, 1.82) is 0 Å². The number of nitrogens with zero attached hydrogens (tertiary/aromatic N) is 3. The zero-order chi connectivity index (χ0) is 18.1. The summed E-state index contributed by atoms with van der Waals surface area (Å²) < 4.78 is 15.4. The maximum atomic E-state index is 13.5. The predicted octanol–water partition coefficient (Wildman–Crippen LogP) is 2.44. The van der Waals surface area contributed by atoms with Crippen LogP contribution in [0.2, 0.25) is 0 Å². The lowest BCUT2D eigenvalue weighted by Gasteiger charge is -2.25. The van der Waals surface area contributed by atoms with Crippen molar-refractivity contribution in [2.24, 2.45) is 7.05 Å². The molecule has 1 N–H and O–H groups in total. The summed E-state index contributed by atoms with van der Waals surface area (Å²) in [4.78, 5) is 14.4. The Morgan fingerprint density at radius 2 is 2.16 bits per heavy atom. The Morgan fingerprint density at radius 1 is 1.40 bits per heavy atom. The maximum Gasteiger partial charge on any atom is 0.223 e. The molecular weight excluding hydrogens is 321 g/mol. The van der Waals surface area contributed by atoms with E-state index >= 15 is 0 Å². The van der Waals surface area contributed by atoms with E-state index in [9.17, 15) is 14.3 Å². The highest BCUT2D eigenvalue weighted by atomic mass is 19.1.